The third-order valence-electron chi connectivity index (χ3n) is 6.98. The van der Waals surface area contributed by atoms with E-state index in [-0.39, 0.29) is 11.8 Å². The number of rotatable bonds is 8. The van der Waals surface area contributed by atoms with E-state index in [1.54, 1.807) is 56.7 Å². The Morgan fingerprint density at radius 1 is 1.00 bits per heavy atom. The number of anilines is 1. The fourth-order valence-corrected chi connectivity index (χ4v) is 5.19. The standard InChI is InChI=1S/C28H35N3O4/c1-34-25-13-11-20(17-26(25)35-2)12-14-27(32)30-23-9-5-7-21(18-23)28(33)29-19-22-8-6-16-31-15-4-3-10-24(22)31/h5,7,9,11-14,17-18,22,24H,3-4,6,8,10,15-16,19H2,1-2H3,(H,29,33)(H,30,32)/t22-,24+/m0/s1. The van der Waals surface area contributed by atoms with Crippen molar-refractivity contribution in [3.63, 3.8) is 0 Å². The van der Waals surface area contributed by atoms with Crippen LogP contribution >= 0.6 is 0 Å². The molecule has 0 saturated carbocycles. The van der Waals surface area contributed by atoms with E-state index >= 15 is 0 Å². The second-order valence-electron chi connectivity index (χ2n) is 9.23. The van der Waals surface area contributed by atoms with Crippen LogP contribution in [0, 0.1) is 5.92 Å². The second kappa shape index (κ2) is 11.9. The molecule has 0 radical (unpaired) electrons. The van der Waals surface area contributed by atoms with Gasteiger partial charge in [0.05, 0.1) is 14.2 Å². The van der Waals surface area contributed by atoms with Crippen LogP contribution in [0.25, 0.3) is 6.08 Å². The zero-order valence-electron chi connectivity index (χ0n) is 20.6. The summed E-state index contributed by atoms with van der Waals surface area (Å²) in [5.41, 5.74) is 1.93. The normalized spacial score (nSPS) is 20.2. The van der Waals surface area contributed by atoms with Crippen LogP contribution in [0.5, 0.6) is 11.5 Å². The number of fused-ring (bicyclic) bond motifs is 1. The highest BCUT2D eigenvalue weighted by Gasteiger charge is 2.32. The maximum absolute atomic E-state index is 12.8. The SMILES string of the molecule is COc1ccc(C=CC(=O)Nc2cccc(C(=O)NC[C@@H]3CCCN4CCCC[C@H]34)c2)cc1OC. The molecular formula is C28H35N3O4. The number of ether oxygens (including phenoxy) is 2. The predicted molar refractivity (Wildman–Crippen MR) is 138 cm³/mol. The van der Waals surface area contributed by atoms with E-state index in [1.165, 1.54) is 51.3 Å². The summed E-state index contributed by atoms with van der Waals surface area (Å²) in [7, 11) is 3.15. The molecule has 186 valence electrons. The van der Waals surface area contributed by atoms with Crippen molar-refractivity contribution in [1.82, 2.24) is 10.2 Å². The zero-order valence-corrected chi connectivity index (χ0v) is 20.6. The summed E-state index contributed by atoms with van der Waals surface area (Å²) in [5.74, 6) is 1.35. The van der Waals surface area contributed by atoms with Gasteiger partial charge in [0.1, 0.15) is 0 Å². The molecule has 7 heteroatoms. The lowest BCUT2D eigenvalue weighted by molar-refractivity contribution is -0.111. The van der Waals surface area contributed by atoms with Gasteiger partial charge in [-0.15, -0.1) is 0 Å². The number of hydrogen-bond donors (Lipinski definition) is 2. The molecule has 0 unspecified atom stereocenters. The molecule has 0 spiro atoms. The Hall–Kier alpha value is -3.32. The van der Waals surface area contributed by atoms with Gasteiger partial charge in [-0.05, 0) is 86.7 Å². The van der Waals surface area contributed by atoms with Crippen molar-refractivity contribution in [2.75, 3.05) is 39.2 Å². The average Bonchev–Trinajstić information content (AvgIpc) is 2.90. The van der Waals surface area contributed by atoms with Crippen LogP contribution in [0.3, 0.4) is 0 Å². The van der Waals surface area contributed by atoms with Gasteiger partial charge in [0.25, 0.3) is 5.91 Å². The number of carbonyl (C=O) groups is 2. The number of carbonyl (C=O) groups excluding carboxylic acids is 2. The van der Waals surface area contributed by atoms with Crippen LogP contribution in [-0.4, -0.2) is 56.6 Å². The lowest BCUT2D eigenvalue weighted by Crippen LogP contribution is -2.51. The van der Waals surface area contributed by atoms with Crippen molar-refractivity contribution in [3.05, 3.63) is 59.7 Å². The topological polar surface area (TPSA) is 79.9 Å². The van der Waals surface area contributed by atoms with Gasteiger partial charge in [-0.1, -0.05) is 18.6 Å². The molecular weight excluding hydrogens is 442 g/mol. The summed E-state index contributed by atoms with van der Waals surface area (Å²) < 4.78 is 10.5. The molecule has 2 aliphatic rings. The lowest BCUT2D eigenvalue weighted by Gasteiger charge is -2.44. The minimum absolute atomic E-state index is 0.102. The second-order valence-corrected chi connectivity index (χ2v) is 9.23. The van der Waals surface area contributed by atoms with E-state index in [2.05, 4.69) is 15.5 Å². The van der Waals surface area contributed by atoms with Gasteiger partial charge in [0, 0.05) is 29.9 Å². The predicted octanol–water partition coefficient (Wildman–Crippen LogP) is 4.35. The molecule has 2 amide bonds. The van der Waals surface area contributed by atoms with Crippen molar-refractivity contribution in [1.29, 1.82) is 0 Å². The number of amides is 2. The number of nitrogens with zero attached hydrogens (tertiary/aromatic N) is 1. The van der Waals surface area contributed by atoms with Crippen LogP contribution in [0.4, 0.5) is 5.69 Å². The van der Waals surface area contributed by atoms with Gasteiger partial charge >= 0.3 is 0 Å². The van der Waals surface area contributed by atoms with Crippen LogP contribution in [0.2, 0.25) is 0 Å². The fourth-order valence-electron chi connectivity index (χ4n) is 5.19. The molecule has 0 aromatic heterocycles. The maximum atomic E-state index is 12.8. The number of piperidine rings is 2. The van der Waals surface area contributed by atoms with Gasteiger partial charge in [0.15, 0.2) is 11.5 Å². The summed E-state index contributed by atoms with van der Waals surface area (Å²) in [4.78, 5) is 27.9. The van der Waals surface area contributed by atoms with E-state index in [1.807, 2.05) is 6.07 Å². The highest BCUT2D eigenvalue weighted by atomic mass is 16.5. The monoisotopic (exact) mass is 477 g/mol. The van der Waals surface area contributed by atoms with Gasteiger partial charge in [-0.25, -0.2) is 0 Å². The van der Waals surface area contributed by atoms with Gasteiger partial charge in [0.2, 0.25) is 5.91 Å². The molecule has 2 aromatic carbocycles. The first kappa shape index (κ1) is 24.8. The first-order valence-electron chi connectivity index (χ1n) is 12.4. The number of methoxy groups -OCH3 is 2. The first-order valence-corrected chi connectivity index (χ1v) is 12.4. The Balaban J connectivity index is 1.32. The number of benzene rings is 2. The van der Waals surface area contributed by atoms with E-state index in [9.17, 15) is 9.59 Å². The molecule has 2 fully saturated rings. The van der Waals surface area contributed by atoms with Crippen LogP contribution < -0.4 is 20.1 Å². The molecule has 4 rings (SSSR count). The number of nitrogens with one attached hydrogen (secondary N) is 2. The molecule has 7 nitrogen and oxygen atoms in total. The molecule has 2 aliphatic heterocycles. The Morgan fingerprint density at radius 2 is 1.83 bits per heavy atom. The van der Waals surface area contributed by atoms with E-state index < -0.39 is 0 Å². The maximum Gasteiger partial charge on any atom is 0.251 e. The molecule has 2 N–H and O–H groups in total. The summed E-state index contributed by atoms with van der Waals surface area (Å²) in [6.07, 6.45) is 9.34. The molecule has 35 heavy (non-hydrogen) atoms. The Morgan fingerprint density at radius 3 is 2.66 bits per heavy atom. The summed E-state index contributed by atoms with van der Waals surface area (Å²) >= 11 is 0. The van der Waals surface area contributed by atoms with Crippen molar-refractivity contribution < 1.29 is 19.1 Å². The Kier molecular flexibility index (Phi) is 8.42. The minimum atomic E-state index is -0.281. The van der Waals surface area contributed by atoms with Crippen molar-refractivity contribution in [3.8, 4) is 11.5 Å². The fraction of sp³-hybridized carbons (Fsp3) is 0.429. The third-order valence-corrected chi connectivity index (χ3v) is 6.98. The Labute approximate surface area is 207 Å². The average molecular weight is 478 g/mol. The minimum Gasteiger partial charge on any atom is -0.493 e. The van der Waals surface area contributed by atoms with Crippen molar-refractivity contribution in [2.24, 2.45) is 5.92 Å². The van der Waals surface area contributed by atoms with E-state index in [0.717, 1.165) is 5.56 Å². The smallest absolute Gasteiger partial charge is 0.251 e. The van der Waals surface area contributed by atoms with Gasteiger partial charge < -0.3 is 25.0 Å². The van der Waals surface area contributed by atoms with Gasteiger partial charge in [-0.3, -0.25) is 9.59 Å². The molecule has 0 aliphatic carbocycles. The molecule has 2 aromatic rings. The largest absolute Gasteiger partial charge is 0.493 e. The highest BCUT2D eigenvalue weighted by Crippen LogP contribution is 2.30. The van der Waals surface area contributed by atoms with Crippen LogP contribution in [0.1, 0.15) is 48.0 Å². The van der Waals surface area contributed by atoms with Crippen molar-refractivity contribution >= 4 is 23.6 Å². The summed E-state index contributed by atoms with van der Waals surface area (Å²) in [6.45, 7) is 3.08. The first-order chi connectivity index (χ1) is 17.1. The van der Waals surface area contributed by atoms with E-state index in [0.29, 0.717) is 41.3 Å². The highest BCUT2D eigenvalue weighted by molar-refractivity contribution is 6.03. The summed E-state index contributed by atoms with van der Waals surface area (Å²) in [6, 6.07) is 13.1. The molecule has 2 atom stereocenters. The molecule has 2 saturated heterocycles. The molecule has 0 bridgehead atoms. The summed E-state index contributed by atoms with van der Waals surface area (Å²) in [5, 5.41) is 5.97. The molecule has 2 heterocycles. The van der Waals surface area contributed by atoms with E-state index in [4.69, 9.17) is 9.47 Å². The van der Waals surface area contributed by atoms with Crippen LogP contribution in [0.15, 0.2) is 48.5 Å². The van der Waals surface area contributed by atoms with Gasteiger partial charge in [-0.2, -0.15) is 0 Å². The number of hydrogen-bond acceptors (Lipinski definition) is 5. The van der Waals surface area contributed by atoms with Crippen molar-refractivity contribution in [2.45, 2.75) is 38.1 Å². The third kappa shape index (κ3) is 6.42. The quantitative estimate of drug-likeness (QED) is 0.553. The van der Waals surface area contributed by atoms with Crippen LogP contribution in [-0.2, 0) is 4.79 Å². The zero-order chi connectivity index (χ0) is 24.6. The lowest BCUT2D eigenvalue weighted by atomic mass is 9.83. The Bertz CT molecular complexity index is 1070.